The number of thioether (sulfide) groups is 1. The van der Waals surface area contributed by atoms with Crippen molar-refractivity contribution in [2.45, 2.75) is 19.0 Å². The van der Waals surface area contributed by atoms with E-state index in [0.29, 0.717) is 39.8 Å². The van der Waals surface area contributed by atoms with E-state index in [0.717, 1.165) is 11.3 Å². The number of benzene rings is 3. The first kappa shape index (κ1) is 25.0. The second-order valence-corrected chi connectivity index (χ2v) is 8.67. The minimum absolute atomic E-state index is 0.0290. The molecule has 0 unspecified atom stereocenters. The molecule has 1 heterocycles. The molecule has 0 saturated carbocycles. The largest absolute Gasteiger partial charge is 0.497 e. The summed E-state index contributed by atoms with van der Waals surface area (Å²) in [5.74, 6) is 1.17. The van der Waals surface area contributed by atoms with E-state index < -0.39 is 0 Å². The topological polar surface area (TPSA) is 94.8 Å². The quantitative estimate of drug-likeness (QED) is 0.158. The Morgan fingerprint density at radius 3 is 2.42 bits per heavy atom. The number of hydrazone groups is 1. The maximum atomic E-state index is 13.4. The predicted molar refractivity (Wildman–Crippen MR) is 143 cm³/mol. The van der Waals surface area contributed by atoms with E-state index in [1.54, 1.807) is 49.6 Å². The van der Waals surface area contributed by atoms with E-state index in [4.69, 9.17) is 9.47 Å². The molecule has 0 atom stereocenters. The van der Waals surface area contributed by atoms with Crippen LogP contribution in [0, 0.1) is 0 Å². The third kappa shape index (κ3) is 5.75. The molecule has 4 aromatic rings. The van der Waals surface area contributed by atoms with E-state index in [9.17, 15) is 9.59 Å². The minimum Gasteiger partial charge on any atom is -0.497 e. The highest BCUT2D eigenvalue weighted by Gasteiger charge is 2.15. The maximum absolute atomic E-state index is 13.4. The van der Waals surface area contributed by atoms with Crippen molar-refractivity contribution < 1.29 is 14.3 Å². The summed E-state index contributed by atoms with van der Waals surface area (Å²) in [6.07, 6.45) is 0. The van der Waals surface area contributed by atoms with Crippen molar-refractivity contribution in [2.75, 3.05) is 19.5 Å². The lowest BCUT2D eigenvalue weighted by Gasteiger charge is -2.13. The molecule has 0 aliphatic rings. The van der Waals surface area contributed by atoms with E-state index in [2.05, 4.69) is 15.5 Å². The van der Waals surface area contributed by atoms with Crippen molar-refractivity contribution >= 4 is 34.3 Å². The zero-order valence-electron chi connectivity index (χ0n) is 20.2. The van der Waals surface area contributed by atoms with Gasteiger partial charge >= 0.3 is 0 Å². The predicted octanol–water partition coefficient (Wildman–Crippen LogP) is 4.43. The van der Waals surface area contributed by atoms with E-state index in [-0.39, 0.29) is 17.2 Å². The van der Waals surface area contributed by atoms with Gasteiger partial charge in [0.1, 0.15) is 11.5 Å². The Hall–Kier alpha value is -4.11. The van der Waals surface area contributed by atoms with Crippen molar-refractivity contribution in [3.63, 3.8) is 0 Å². The molecule has 0 fully saturated rings. The number of nitrogens with one attached hydrogen (secondary N) is 1. The van der Waals surface area contributed by atoms with E-state index in [1.807, 2.05) is 44.2 Å². The van der Waals surface area contributed by atoms with Crippen LogP contribution in [0.2, 0.25) is 0 Å². The van der Waals surface area contributed by atoms with Crippen molar-refractivity contribution in [1.82, 2.24) is 15.0 Å². The van der Waals surface area contributed by atoms with Crippen molar-refractivity contribution in [3.8, 4) is 17.2 Å². The molecule has 0 spiro atoms. The summed E-state index contributed by atoms with van der Waals surface area (Å²) in [5.41, 5.74) is 5.10. The van der Waals surface area contributed by atoms with Crippen molar-refractivity contribution in [1.29, 1.82) is 0 Å². The van der Waals surface area contributed by atoms with Crippen molar-refractivity contribution in [2.24, 2.45) is 5.10 Å². The zero-order chi connectivity index (χ0) is 25.5. The van der Waals surface area contributed by atoms with Crippen LogP contribution in [0.5, 0.6) is 11.5 Å². The average molecular weight is 503 g/mol. The molecule has 8 nitrogen and oxygen atoms in total. The van der Waals surface area contributed by atoms with Crippen LogP contribution < -0.4 is 20.5 Å². The fourth-order valence-corrected chi connectivity index (χ4v) is 4.31. The SMILES string of the molecule is CCOc1ccc(-n2c(SCC(=O)NN=C(C)c3ccc(OC)cc3)nc3ccccc3c2=O)cc1. The fourth-order valence-electron chi connectivity index (χ4n) is 3.50. The monoisotopic (exact) mass is 502 g/mol. The highest BCUT2D eigenvalue weighted by molar-refractivity contribution is 7.99. The summed E-state index contributed by atoms with van der Waals surface area (Å²) in [7, 11) is 1.60. The zero-order valence-corrected chi connectivity index (χ0v) is 21.0. The smallest absolute Gasteiger partial charge is 0.266 e. The summed E-state index contributed by atoms with van der Waals surface area (Å²) < 4.78 is 12.2. The lowest BCUT2D eigenvalue weighted by atomic mass is 10.1. The minimum atomic E-state index is -0.312. The number of ether oxygens (including phenoxy) is 2. The average Bonchev–Trinajstić information content (AvgIpc) is 2.91. The van der Waals surface area contributed by atoms with E-state index in [1.165, 1.54) is 16.3 Å². The van der Waals surface area contributed by atoms with Gasteiger partial charge in [0.2, 0.25) is 0 Å². The number of nitrogens with zero attached hydrogens (tertiary/aromatic N) is 3. The number of amides is 1. The Bertz CT molecular complexity index is 1450. The molecular weight excluding hydrogens is 476 g/mol. The number of carbonyl (C=O) groups excluding carboxylic acids is 1. The first-order chi connectivity index (χ1) is 17.5. The Morgan fingerprint density at radius 2 is 1.72 bits per heavy atom. The number of aromatic nitrogens is 2. The summed E-state index contributed by atoms with van der Waals surface area (Å²) >= 11 is 1.17. The van der Waals surface area contributed by atoms with Gasteiger partial charge in [-0.15, -0.1) is 0 Å². The number of hydrogen-bond donors (Lipinski definition) is 1. The molecule has 3 aromatic carbocycles. The second-order valence-electron chi connectivity index (χ2n) is 7.73. The highest BCUT2D eigenvalue weighted by atomic mass is 32.2. The van der Waals surface area contributed by atoms with Crippen LogP contribution in [0.25, 0.3) is 16.6 Å². The molecule has 36 heavy (non-hydrogen) atoms. The Balaban J connectivity index is 1.55. The molecule has 0 bridgehead atoms. The summed E-state index contributed by atoms with van der Waals surface area (Å²) in [6.45, 7) is 4.27. The molecule has 0 aliphatic carbocycles. The molecule has 1 amide bonds. The Kier molecular flexibility index (Phi) is 8.02. The molecule has 0 aliphatic heterocycles. The van der Waals surface area contributed by atoms with Gasteiger partial charge in [0, 0.05) is 0 Å². The van der Waals surface area contributed by atoms with Crippen LogP contribution in [0.1, 0.15) is 19.4 Å². The molecule has 1 aromatic heterocycles. The molecule has 4 rings (SSSR count). The lowest BCUT2D eigenvalue weighted by Crippen LogP contribution is -2.24. The van der Waals surface area contributed by atoms with Gasteiger partial charge in [0.05, 0.1) is 41.8 Å². The maximum Gasteiger partial charge on any atom is 0.266 e. The molecule has 9 heteroatoms. The number of rotatable bonds is 9. The molecular formula is C27H26N4O4S. The van der Waals surface area contributed by atoms with Crippen LogP contribution >= 0.6 is 11.8 Å². The van der Waals surface area contributed by atoms with Gasteiger partial charge in [-0.25, -0.2) is 10.4 Å². The number of hydrogen-bond acceptors (Lipinski definition) is 7. The van der Waals surface area contributed by atoms with Gasteiger partial charge in [-0.3, -0.25) is 14.2 Å². The highest BCUT2D eigenvalue weighted by Crippen LogP contribution is 2.23. The first-order valence-electron chi connectivity index (χ1n) is 11.4. The number of fused-ring (bicyclic) bond motifs is 1. The van der Waals surface area contributed by atoms with Gasteiger partial charge in [0.25, 0.3) is 11.5 Å². The molecule has 0 saturated heterocycles. The number of carbonyl (C=O) groups is 1. The van der Waals surface area contributed by atoms with Crippen LogP contribution in [0.15, 0.2) is 87.8 Å². The lowest BCUT2D eigenvalue weighted by molar-refractivity contribution is -0.118. The summed E-state index contributed by atoms with van der Waals surface area (Å²) in [5, 5.41) is 5.11. The standard InChI is InChI=1S/C27H26N4O4S/c1-4-35-22-15-11-20(12-16-22)31-26(33)23-7-5-6-8-24(23)28-27(31)36-17-25(32)30-29-18(2)19-9-13-21(34-3)14-10-19/h5-16H,4,17H2,1-3H3,(H,30,32). The number of para-hydroxylation sites is 1. The van der Waals surface area contributed by atoms with Gasteiger partial charge in [0.15, 0.2) is 5.16 Å². The van der Waals surface area contributed by atoms with Gasteiger partial charge in [-0.2, -0.15) is 5.10 Å². The Labute approximate surface area is 213 Å². The summed E-state index contributed by atoms with van der Waals surface area (Å²) in [4.78, 5) is 30.6. The van der Waals surface area contributed by atoms with Gasteiger partial charge in [-0.05, 0) is 80.1 Å². The fraction of sp³-hybridized carbons (Fsp3) is 0.185. The van der Waals surface area contributed by atoms with Crippen molar-refractivity contribution in [3.05, 3.63) is 88.7 Å². The molecule has 1 N–H and O–H groups in total. The molecule has 184 valence electrons. The van der Waals surface area contributed by atoms with Gasteiger partial charge in [-0.1, -0.05) is 23.9 Å². The second kappa shape index (κ2) is 11.5. The number of methoxy groups -OCH3 is 1. The van der Waals surface area contributed by atoms with Crippen LogP contribution in [-0.4, -0.2) is 40.6 Å². The summed E-state index contributed by atoms with van der Waals surface area (Å²) in [6, 6.07) is 21.8. The first-order valence-corrected chi connectivity index (χ1v) is 12.3. The normalized spacial score (nSPS) is 11.4. The third-order valence-electron chi connectivity index (χ3n) is 5.34. The third-order valence-corrected chi connectivity index (χ3v) is 6.28. The molecule has 0 radical (unpaired) electrons. The van der Waals surface area contributed by atoms with E-state index >= 15 is 0 Å². The van der Waals surface area contributed by atoms with Gasteiger partial charge < -0.3 is 9.47 Å². The van der Waals surface area contributed by atoms with Crippen LogP contribution in [0.4, 0.5) is 0 Å². The Morgan fingerprint density at radius 1 is 1.03 bits per heavy atom. The van der Waals surface area contributed by atoms with Crippen LogP contribution in [0.3, 0.4) is 0 Å². The van der Waals surface area contributed by atoms with Crippen LogP contribution in [-0.2, 0) is 4.79 Å².